The Morgan fingerprint density at radius 3 is 2.62 bits per heavy atom. The molecule has 0 amide bonds. The first-order valence-electron chi connectivity index (χ1n) is 10.8. The monoisotopic (exact) mass is 498 g/mol. The molecule has 0 N–H and O–H groups in total. The van der Waals surface area contributed by atoms with E-state index in [9.17, 15) is 9.59 Å². The molecule has 0 radical (unpaired) electrons. The average Bonchev–Trinajstić information content (AvgIpc) is 3.45. The van der Waals surface area contributed by atoms with Crippen molar-refractivity contribution in [1.82, 2.24) is 4.57 Å². The minimum Gasteiger partial charge on any atom is -0.493 e. The summed E-state index contributed by atoms with van der Waals surface area (Å²) in [5.41, 5.74) is 1.54. The number of carbonyl (C=O) groups is 1. The lowest BCUT2D eigenvalue weighted by molar-refractivity contribution is -0.140. The predicted octanol–water partition coefficient (Wildman–Crippen LogP) is 3.51. The number of hydrogen-bond acceptors (Lipinski definition) is 8. The third kappa shape index (κ3) is 4.58. The number of ether oxygens (including phenoxy) is 3. The van der Waals surface area contributed by atoms with Crippen LogP contribution in [0, 0.1) is 5.92 Å². The first kappa shape index (κ1) is 24.0. The van der Waals surface area contributed by atoms with Crippen LogP contribution in [0.15, 0.2) is 56.8 Å². The maximum atomic E-state index is 13.6. The van der Waals surface area contributed by atoms with Crippen molar-refractivity contribution >= 4 is 34.7 Å². The van der Waals surface area contributed by atoms with Gasteiger partial charge >= 0.3 is 5.97 Å². The fraction of sp³-hybridized carbons (Fsp3) is 0.320. The van der Waals surface area contributed by atoms with Crippen molar-refractivity contribution in [3.63, 3.8) is 0 Å². The summed E-state index contributed by atoms with van der Waals surface area (Å²) in [5, 5.41) is 1.93. The molecule has 0 bridgehead atoms. The fourth-order valence-corrected chi connectivity index (χ4v) is 5.58. The second-order valence-corrected chi connectivity index (χ2v) is 10.2. The molecule has 0 aliphatic carbocycles. The zero-order chi connectivity index (χ0) is 24.4. The first-order chi connectivity index (χ1) is 16.3. The van der Waals surface area contributed by atoms with E-state index >= 15 is 0 Å². The van der Waals surface area contributed by atoms with E-state index in [1.165, 1.54) is 22.7 Å². The highest BCUT2D eigenvalue weighted by atomic mass is 32.1. The van der Waals surface area contributed by atoms with E-state index in [0.717, 1.165) is 10.4 Å². The number of methoxy groups -OCH3 is 2. The van der Waals surface area contributed by atoms with Crippen LogP contribution in [0.1, 0.15) is 37.3 Å². The molecule has 7 nitrogen and oxygen atoms in total. The number of aromatic nitrogens is 1. The highest BCUT2D eigenvalue weighted by molar-refractivity contribution is 7.10. The molecule has 1 aliphatic heterocycles. The van der Waals surface area contributed by atoms with Gasteiger partial charge in [0.25, 0.3) is 5.56 Å². The Morgan fingerprint density at radius 2 is 1.97 bits per heavy atom. The van der Waals surface area contributed by atoms with Crippen LogP contribution in [0.4, 0.5) is 0 Å². The van der Waals surface area contributed by atoms with Crippen LogP contribution in [0.2, 0.25) is 0 Å². The molecule has 1 aromatic carbocycles. The van der Waals surface area contributed by atoms with Gasteiger partial charge in [-0.25, -0.2) is 9.79 Å². The van der Waals surface area contributed by atoms with Crippen molar-refractivity contribution in [1.29, 1.82) is 0 Å². The molecule has 0 spiro atoms. The largest absolute Gasteiger partial charge is 0.493 e. The lowest BCUT2D eigenvalue weighted by Crippen LogP contribution is -2.39. The van der Waals surface area contributed by atoms with Gasteiger partial charge in [-0.05, 0) is 48.1 Å². The second kappa shape index (κ2) is 9.99. The number of nitrogens with zero attached hydrogens (tertiary/aromatic N) is 2. The summed E-state index contributed by atoms with van der Waals surface area (Å²) in [6.45, 7) is 6.05. The summed E-state index contributed by atoms with van der Waals surface area (Å²) >= 11 is 2.78. The third-order valence-electron chi connectivity index (χ3n) is 5.31. The average molecular weight is 499 g/mol. The van der Waals surface area contributed by atoms with E-state index in [0.29, 0.717) is 38.7 Å². The molecular weight excluding hydrogens is 472 g/mol. The van der Waals surface area contributed by atoms with E-state index in [4.69, 9.17) is 14.2 Å². The summed E-state index contributed by atoms with van der Waals surface area (Å²) in [4.78, 5) is 32.7. The Labute approximate surface area is 205 Å². The molecule has 1 aliphatic rings. The molecule has 34 heavy (non-hydrogen) atoms. The van der Waals surface area contributed by atoms with E-state index in [2.05, 4.69) is 4.99 Å². The third-order valence-corrected chi connectivity index (χ3v) is 7.22. The normalized spacial score (nSPS) is 15.8. The van der Waals surface area contributed by atoms with E-state index in [1.54, 1.807) is 37.9 Å². The van der Waals surface area contributed by atoms with E-state index < -0.39 is 12.0 Å². The topological polar surface area (TPSA) is 79.1 Å². The van der Waals surface area contributed by atoms with Crippen LogP contribution in [-0.2, 0) is 9.53 Å². The van der Waals surface area contributed by atoms with Crippen LogP contribution in [0.25, 0.3) is 6.08 Å². The molecule has 3 heterocycles. The molecule has 1 unspecified atom stereocenters. The summed E-state index contributed by atoms with van der Waals surface area (Å²) < 4.78 is 18.3. The van der Waals surface area contributed by atoms with Gasteiger partial charge in [-0.15, -0.1) is 11.3 Å². The standard InChI is InChI=1S/C25H26N2O5S2/c1-14(2)13-32-24(29)21-15(3)26-25-27(22(21)19-7-6-10-33-19)23(28)20(34-25)12-16-8-9-17(30-4)18(11-16)31-5/h6-12,14,22H,13H2,1-5H3/b20-12+. The van der Waals surface area contributed by atoms with Crippen molar-refractivity contribution in [2.45, 2.75) is 26.8 Å². The van der Waals surface area contributed by atoms with Gasteiger partial charge in [0, 0.05) is 4.88 Å². The molecule has 178 valence electrons. The number of fused-ring (bicyclic) bond motifs is 1. The van der Waals surface area contributed by atoms with Gasteiger partial charge in [0.05, 0.1) is 36.6 Å². The quantitative estimate of drug-likeness (QED) is 0.466. The van der Waals surface area contributed by atoms with Gasteiger partial charge in [0.1, 0.15) is 6.04 Å². The van der Waals surface area contributed by atoms with Crippen LogP contribution < -0.4 is 24.4 Å². The van der Waals surface area contributed by atoms with Gasteiger partial charge in [-0.2, -0.15) is 0 Å². The number of esters is 1. The maximum absolute atomic E-state index is 13.6. The summed E-state index contributed by atoms with van der Waals surface area (Å²) in [5.74, 6) is 0.945. The minimum absolute atomic E-state index is 0.202. The number of benzene rings is 1. The molecule has 2 aromatic heterocycles. The van der Waals surface area contributed by atoms with Crippen molar-refractivity contribution in [3.8, 4) is 11.5 Å². The van der Waals surface area contributed by atoms with Gasteiger partial charge in [0.15, 0.2) is 16.3 Å². The molecule has 0 saturated carbocycles. The van der Waals surface area contributed by atoms with Crippen molar-refractivity contribution < 1.29 is 19.0 Å². The number of carbonyl (C=O) groups excluding carboxylic acids is 1. The molecule has 4 rings (SSSR count). The number of rotatable bonds is 7. The summed E-state index contributed by atoms with van der Waals surface area (Å²) in [6.07, 6.45) is 1.80. The Balaban J connectivity index is 1.85. The lowest BCUT2D eigenvalue weighted by Gasteiger charge is -2.23. The Bertz CT molecular complexity index is 1410. The molecule has 0 fully saturated rings. The summed E-state index contributed by atoms with van der Waals surface area (Å²) in [6, 6.07) is 8.72. The van der Waals surface area contributed by atoms with E-state index in [1.807, 2.05) is 43.5 Å². The second-order valence-electron chi connectivity index (χ2n) is 8.20. The molecule has 1 atom stereocenters. The molecule has 3 aromatic rings. The number of thiazole rings is 1. The van der Waals surface area contributed by atoms with Crippen molar-refractivity contribution in [2.75, 3.05) is 20.8 Å². The number of hydrogen-bond donors (Lipinski definition) is 0. The van der Waals surface area contributed by atoms with Crippen LogP contribution in [0.5, 0.6) is 11.5 Å². The first-order valence-corrected chi connectivity index (χ1v) is 12.5. The molecular formula is C25H26N2O5S2. The highest BCUT2D eigenvalue weighted by Crippen LogP contribution is 2.33. The molecule has 9 heteroatoms. The zero-order valence-electron chi connectivity index (χ0n) is 19.7. The van der Waals surface area contributed by atoms with Crippen LogP contribution in [-0.4, -0.2) is 31.4 Å². The van der Waals surface area contributed by atoms with E-state index in [-0.39, 0.29) is 11.5 Å². The Kier molecular flexibility index (Phi) is 7.04. The Morgan fingerprint density at radius 1 is 1.21 bits per heavy atom. The van der Waals surface area contributed by atoms with Crippen molar-refractivity contribution in [3.05, 3.63) is 77.1 Å². The van der Waals surface area contributed by atoms with Gasteiger partial charge < -0.3 is 14.2 Å². The number of thiophene rings is 1. The predicted molar refractivity (Wildman–Crippen MR) is 133 cm³/mol. The lowest BCUT2D eigenvalue weighted by atomic mass is 10.0. The van der Waals surface area contributed by atoms with Gasteiger partial charge in [-0.1, -0.05) is 37.3 Å². The molecule has 0 saturated heterocycles. The zero-order valence-corrected chi connectivity index (χ0v) is 21.3. The van der Waals surface area contributed by atoms with Crippen LogP contribution >= 0.6 is 22.7 Å². The number of allylic oxidation sites excluding steroid dienone is 1. The Hall–Kier alpha value is -3.17. The van der Waals surface area contributed by atoms with Crippen molar-refractivity contribution in [2.24, 2.45) is 10.9 Å². The van der Waals surface area contributed by atoms with Gasteiger partial charge in [0.2, 0.25) is 0 Å². The van der Waals surface area contributed by atoms with Gasteiger partial charge in [-0.3, -0.25) is 9.36 Å². The van der Waals surface area contributed by atoms with Crippen LogP contribution in [0.3, 0.4) is 0 Å². The SMILES string of the molecule is COc1ccc(/C=c2/sc3n(c2=O)C(c2cccs2)C(C(=O)OCC(C)C)=C(C)N=3)cc1OC. The maximum Gasteiger partial charge on any atom is 0.338 e. The fourth-order valence-electron chi connectivity index (χ4n) is 3.71. The smallest absolute Gasteiger partial charge is 0.338 e. The summed E-state index contributed by atoms with van der Waals surface area (Å²) in [7, 11) is 3.14. The highest BCUT2D eigenvalue weighted by Gasteiger charge is 2.34. The minimum atomic E-state index is -0.580.